The molecular formula is C18H29NO. The quantitative estimate of drug-likeness (QED) is 0.838. The van der Waals surface area contributed by atoms with Gasteiger partial charge in [0.1, 0.15) is 0 Å². The van der Waals surface area contributed by atoms with Gasteiger partial charge in [-0.3, -0.25) is 0 Å². The average Bonchev–Trinajstić information content (AvgIpc) is 2.45. The van der Waals surface area contributed by atoms with E-state index in [1.54, 1.807) is 0 Å². The van der Waals surface area contributed by atoms with Crippen molar-refractivity contribution in [1.29, 1.82) is 0 Å². The van der Waals surface area contributed by atoms with Crippen LogP contribution in [0, 0.1) is 18.8 Å². The second-order valence-electron chi connectivity index (χ2n) is 6.59. The van der Waals surface area contributed by atoms with Crippen LogP contribution < -0.4 is 5.32 Å². The highest BCUT2D eigenvalue weighted by Crippen LogP contribution is 2.30. The number of anilines is 1. The first-order chi connectivity index (χ1) is 9.61. The summed E-state index contributed by atoms with van der Waals surface area (Å²) in [6.07, 6.45) is 5.04. The van der Waals surface area contributed by atoms with Crippen LogP contribution in [0.2, 0.25) is 0 Å². The summed E-state index contributed by atoms with van der Waals surface area (Å²) in [5.74, 6) is 1.70. The number of aliphatic hydroxyl groups excluding tert-OH is 1. The summed E-state index contributed by atoms with van der Waals surface area (Å²) in [5, 5.41) is 13.0. The number of aliphatic hydroxyl groups is 1. The van der Waals surface area contributed by atoms with Gasteiger partial charge in [-0.15, -0.1) is 0 Å². The maximum atomic E-state index is 9.47. The van der Waals surface area contributed by atoms with Gasteiger partial charge in [-0.2, -0.15) is 0 Å². The first-order valence-electron chi connectivity index (χ1n) is 8.07. The average molecular weight is 275 g/mol. The highest BCUT2D eigenvalue weighted by molar-refractivity contribution is 5.49. The van der Waals surface area contributed by atoms with Gasteiger partial charge in [0.05, 0.1) is 0 Å². The molecule has 0 radical (unpaired) electrons. The van der Waals surface area contributed by atoms with Gasteiger partial charge in [0.15, 0.2) is 0 Å². The van der Waals surface area contributed by atoms with Crippen molar-refractivity contribution in [2.75, 3.05) is 18.5 Å². The topological polar surface area (TPSA) is 32.3 Å². The van der Waals surface area contributed by atoms with Crippen LogP contribution in [0.4, 0.5) is 5.69 Å². The number of rotatable bonds is 5. The van der Waals surface area contributed by atoms with Crippen molar-refractivity contribution in [1.82, 2.24) is 0 Å². The van der Waals surface area contributed by atoms with Crippen LogP contribution in [0.25, 0.3) is 0 Å². The third-order valence-corrected chi connectivity index (χ3v) is 4.76. The van der Waals surface area contributed by atoms with Crippen molar-refractivity contribution < 1.29 is 5.11 Å². The lowest BCUT2D eigenvalue weighted by Gasteiger charge is -2.30. The molecule has 2 atom stereocenters. The lowest BCUT2D eigenvalue weighted by molar-refractivity contribution is 0.141. The van der Waals surface area contributed by atoms with Crippen LogP contribution >= 0.6 is 0 Å². The Morgan fingerprint density at radius 3 is 2.50 bits per heavy atom. The van der Waals surface area contributed by atoms with Gasteiger partial charge in [0, 0.05) is 18.8 Å². The second kappa shape index (κ2) is 7.12. The molecule has 1 saturated carbocycles. The van der Waals surface area contributed by atoms with E-state index in [-0.39, 0.29) is 0 Å². The maximum absolute atomic E-state index is 9.47. The molecule has 2 heteroatoms. The molecule has 2 N–H and O–H groups in total. The summed E-state index contributed by atoms with van der Waals surface area (Å²) in [6.45, 7) is 8.01. The molecule has 1 aliphatic carbocycles. The third kappa shape index (κ3) is 3.76. The molecule has 0 aliphatic heterocycles. The van der Waals surface area contributed by atoms with Gasteiger partial charge < -0.3 is 10.4 Å². The van der Waals surface area contributed by atoms with E-state index in [0.29, 0.717) is 24.4 Å². The molecular weight excluding hydrogens is 246 g/mol. The van der Waals surface area contributed by atoms with Gasteiger partial charge in [0.2, 0.25) is 0 Å². The van der Waals surface area contributed by atoms with Gasteiger partial charge in [-0.05, 0) is 60.8 Å². The van der Waals surface area contributed by atoms with Crippen LogP contribution in [0.3, 0.4) is 0 Å². The number of hydrogen-bond acceptors (Lipinski definition) is 2. The molecule has 0 saturated heterocycles. The van der Waals surface area contributed by atoms with Crippen LogP contribution in [-0.4, -0.2) is 18.3 Å². The zero-order valence-corrected chi connectivity index (χ0v) is 13.2. The molecule has 1 aromatic rings. The zero-order chi connectivity index (χ0) is 14.5. The lowest BCUT2D eigenvalue weighted by Crippen LogP contribution is -2.28. The fraction of sp³-hybridized carbons (Fsp3) is 0.667. The number of hydrogen-bond donors (Lipinski definition) is 2. The summed E-state index contributed by atoms with van der Waals surface area (Å²) in [5.41, 5.74) is 4.02. The third-order valence-electron chi connectivity index (χ3n) is 4.76. The Labute approximate surface area is 123 Å². The van der Waals surface area contributed by atoms with Gasteiger partial charge >= 0.3 is 0 Å². The highest BCUT2D eigenvalue weighted by atomic mass is 16.3. The standard InChI is InChI=1S/C18H29NO/c1-13(2)18-9-8-17(10-14(18)3)19-11-15-6-4-5-7-16(15)12-20/h8-10,13,15-16,19-20H,4-7,11-12H2,1-3H3. The molecule has 2 nitrogen and oxygen atoms in total. The Balaban J connectivity index is 1.95. The molecule has 0 aromatic heterocycles. The molecule has 0 amide bonds. The molecule has 0 bridgehead atoms. The van der Waals surface area contributed by atoms with E-state index < -0.39 is 0 Å². The number of aryl methyl sites for hydroxylation is 1. The van der Waals surface area contributed by atoms with Crippen molar-refractivity contribution in [3.8, 4) is 0 Å². The molecule has 0 spiro atoms. The largest absolute Gasteiger partial charge is 0.396 e. The minimum atomic E-state index is 0.345. The van der Waals surface area contributed by atoms with Crippen molar-refractivity contribution >= 4 is 5.69 Å². The Morgan fingerprint density at radius 2 is 1.90 bits per heavy atom. The minimum Gasteiger partial charge on any atom is -0.396 e. The van der Waals surface area contributed by atoms with E-state index in [9.17, 15) is 5.11 Å². The summed E-state index contributed by atoms with van der Waals surface area (Å²) >= 11 is 0. The lowest BCUT2D eigenvalue weighted by atomic mass is 9.79. The summed E-state index contributed by atoms with van der Waals surface area (Å²) in [4.78, 5) is 0. The molecule has 20 heavy (non-hydrogen) atoms. The van der Waals surface area contributed by atoms with E-state index in [4.69, 9.17) is 0 Å². The smallest absolute Gasteiger partial charge is 0.0462 e. The van der Waals surface area contributed by atoms with Crippen LogP contribution in [0.15, 0.2) is 18.2 Å². The number of benzene rings is 1. The van der Waals surface area contributed by atoms with Crippen molar-refractivity contribution in [3.63, 3.8) is 0 Å². The SMILES string of the molecule is Cc1cc(NCC2CCCCC2CO)ccc1C(C)C. The molecule has 1 aliphatic rings. The normalized spacial score (nSPS) is 23.1. The van der Waals surface area contributed by atoms with Gasteiger partial charge in [-0.25, -0.2) is 0 Å². The minimum absolute atomic E-state index is 0.345. The summed E-state index contributed by atoms with van der Waals surface area (Å²) < 4.78 is 0. The Morgan fingerprint density at radius 1 is 1.20 bits per heavy atom. The van der Waals surface area contributed by atoms with E-state index >= 15 is 0 Å². The highest BCUT2D eigenvalue weighted by Gasteiger charge is 2.24. The molecule has 1 aromatic carbocycles. The first kappa shape index (κ1) is 15.4. The Hall–Kier alpha value is -1.02. The summed E-state index contributed by atoms with van der Waals surface area (Å²) in [7, 11) is 0. The first-order valence-corrected chi connectivity index (χ1v) is 8.07. The van der Waals surface area contributed by atoms with Crippen LogP contribution in [0.5, 0.6) is 0 Å². The van der Waals surface area contributed by atoms with Gasteiger partial charge in [-0.1, -0.05) is 32.8 Å². The van der Waals surface area contributed by atoms with Crippen LogP contribution in [0.1, 0.15) is 56.6 Å². The van der Waals surface area contributed by atoms with Crippen molar-refractivity contribution in [2.24, 2.45) is 11.8 Å². The molecule has 112 valence electrons. The number of nitrogens with one attached hydrogen (secondary N) is 1. The molecule has 0 heterocycles. The fourth-order valence-corrected chi connectivity index (χ4v) is 3.48. The Bertz CT molecular complexity index is 427. The van der Waals surface area contributed by atoms with E-state index in [0.717, 1.165) is 6.54 Å². The van der Waals surface area contributed by atoms with Gasteiger partial charge in [0.25, 0.3) is 0 Å². The van der Waals surface area contributed by atoms with Crippen LogP contribution in [-0.2, 0) is 0 Å². The Kier molecular flexibility index (Phi) is 5.47. The predicted octanol–water partition coefficient (Wildman–Crippen LogP) is 4.33. The zero-order valence-electron chi connectivity index (χ0n) is 13.2. The molecule has 2 unspecified atom stereocenters. The van der Waals surface area contributed by atoms with E-state index in [2.05, 4.69) is 44.3 Å². The fourth-order valence-electron chi connectivity index (χ4n) is 3.48. The monoisotopic (exact) mass is 275 g/mol. The molecule has 2 rings (SSSR count). The van der Waals surface area contributed by atoms with Crippen molar-refractivity contribution in [2.45, 2.75) is 52.4 Å². The molecule has 1 fully saturated rings. The summed E-state index contributed by atoms with van der Waals surface area (Å²) in [6, 6.07) is 6.69. The van der Waals surface area contributed by atoms with E-state index in [1.165, 1.54) is 42.5 Å². The van der Waals surface area contributed by atoms with E-state index in [1.807, 2.05) is 0 Å². The van der Waals surface area contributed by atoms with Crippen molar-refractivity contribution in [3.05, 3.63) is 29.3 Å². The second-order valence-corrected chi connectivity index (χ2v) is 6.59. The predicted molar refractivity (Wildman–Crippen MR) is 86.3 cm³/mol. The maximum Gasteiger partial charge on any atom is 0.0462 e.